The van der Waals surface area contributed by atoms with Gasteiger partial charge in [0, 0.05) is 6.42 Å². The molecule has 0 aromatic heterocycles. The molecule has 0 amide bonds. The monoisotopic (exact) mass is 346 g/mol. The van der Waals surface area contributed by atoms with Crippen molar-refractivity contribution in [3.8, 4) is 5.75 Å². The first kappa shape index (κ1) is 17.1. The van der Waals surface area contributed by atoms with E-state index in [1.165, 1.54) is 27.5 Å². The maximum Gasteiger partial charge on any atom is 0.197 e. The van der Waals surface area contributed by atoms with Crippen molar-refractivity contribution in [2.75, 3.05) is 0 Å². The van der Waals surface area contributed by atoms with Crippen LogP contribution in [-0.2, 0) is 11.2 Å². The van der Waals surface area contributed by atoms with Crippen molar-refractivity contribution in [2.45, 2.75) is 51.9 Å². The van der Waals surface area contributed by atoms with Crippen molar-refractivity contribution in [2.24, 2.45) is 0 Å². The van der Waals surface area contributed by atoms with Crippen LogP contribution in [0.1, 0.15) is 55.9 Å². The normalized spacial score (nSPS) is 18.0. The van der Waals surface area contributed by atoms with Crippen LogP contribution in [0.3, 0.4) is 0 Å². The van der Waals surface area contributed by atoms with Gasteiger partial charge in [-0.25, -0.2) is 0 Å². The average Bonchev–Trinajstić information content (AvgIpc) is 3.01. The summed E-state index contributed by atoms with van der Waals surface area (Å²) in [5.74, 6) is 1.44. The van der Waals surface area contributed by atoms with E-state index in [0.717, 1.165) is 18.6 Å². The first-order valence-electron chi connectivity index (χ1n) is 9.58. The smallest absolute Gasteiger partial charge is 0.197 e. The Kier molecular flexibility index (Phi) is 4.69. The van der Waals surface area contributed by atoms with E-state index in [1.807, 2.05) is 19.1 Å². The number of benzene rings is 3. The number of hydrogen-bond acceptors (Lipinski definition) is 2. The van der Waals surface area contributed by atoms with Crippen molar-refractivity contribution < 1.29 is 9.47 Å². The standard InChI is InChI=1S/C24H26O2/c1-4-16(2)18-11-13-21(14-12-18)25-17(3)26-23-15-20-9-5-7-19-8-6-10-22(23)24(19)20/h5-14,16-17,23H,4,15H2,1-3H3. The molecule has 0 fully saturated rings. The zero-order valence-corrected chi connectivity index (χ0v) is 15.7. The van der Waals surface area contributed by atoms with E-state index in [0.29, 0.717) is 5.92 Å². The van der Waals surface area contributed by atoms with E-state index in [-0.39, 0.29) is 12.4 Å². The summed E-state index contributed by atoms with van der Waals surface area (Å²) in [6.45, 7) is 6.44. The second kappa shape index (κ2) is 7.13. The van der Waals surface area contributed by atoms with Crippen molar-refractivity contribution in [3.63, 3.8) is 0 Å². The Morgan fingerprint density at radius 1 is 0.962 bits per heavy atom. The molecule has 0 radical (unpaired) electrons. The number of rotatable bonds is 6. The summed E-state index contributed by atoms with van der Waals surface area (Å²) in [5.41, 5.74) is 4.00. The Morgan fingerprint density at radius 3 is 2.42 bits per heavy atom. The summed E-state index contributed by atoms with van der Waals surface area (Å²) < 4.78 is 12.3. The zero-order valence-electron chi connectivity index (χ0n) is 15.7. The highest BCUT2D eigenvalue weighted by Crippen LogP contribution is 2.39. The molecule has 0 spiro atoms. The van der Waals surface area contributed by atoms with Crippen LogP contribution in [0.25, 0.3) is 10.8 Å². The molecule has 0 aliphatic heterocycles. The minimum Gasteiger partial charge on any atom is -0.465 e. The molecule has 1 aliphatic rings. The predicted molar refractivity (Wildman–Crippen MR) is 107 cm³/mol. The van der Waals surface area contributed by atoms with Gasteiger partial charge in [-0.1, -0.05) is 62.4 Å². The van der Waals surface area contributed by atoms with E-state index in [9.17, 15) is 0 Å². The largest absolute Gasteiger partial charge is 0.465 e. The van der Waals surface area contributed by atoms with E-state index >= 15 is 0 Å². The molecule has 2 heteroatoms. The average molecular weight is 346 g/mol. The molecule has 1 aliphatic carbocycles. The van der Waals surface area contributed by atoms with E-state index < -0.39 is 0 Å². The molecule has 3 aromatic carbocycles. The Morgan fingerprint density at radius 2 is 1.69 bits per heavy atom. The van der Waals surface area contributed by atoms with Crippen LogP contribution in [-0.4, -0.2) is 6.29 Å². The predicted octanol–water partition coefficient (Wildman–Crippen LogP) is 6.39. The molecule has 3 unspecified atom stereocenters. The topological polar surface area (TPSA) is 18.5 Å². The fourth-order valence-electron chi connectivity index (χ4n) is 3.88. The molecule has 3 aromatic rings. The molecular weight excluding hydrogens is 320 g/mol. The molecular formula is C24H26O2. The Hall–Kier alpha value is -2.32. The van der Waals surface area contributed by atoms with Gasteiger partial charge in [-0.3, -0.25) is 0 Å². The van der Waals surface area contributed by atoms with Gasteiger partial charge in [-0.15, -0.1) is 0 Å². The Bertz CT molecular complexity index is 892. The van der Waals surface area contributed by atoms with Gasteiger partial charge in [-0.2, -0.15) is 0 Å². The summed E-state index contributed by atoms with van der Waals surface area (Å²) in [4.78, 5) is 0. The van der Waals surface area contributed by atoms with E-state index in [1.54, 1.807) is 0 Å². The van der Waals surface area contributed by atoms with Gasteiger partial charge in [-0.05, 0) is 58.9 Å². The summed E-state index contributed by atoms with van der Waals surface area (Å²) >= 11 is 0. The van der Waals surface area contributed by atoms with Crippen molar-refractivity contribution in [1.82, 2.24) is 0 Å². The minimum atomic E-state index is -0.293. The molecule has 3 atom stereocenters. The summed E-state index contributed by atoms with van der Waals surface area (Å²) in [6.07, 6.45) is 1.83. The van der Waals surface area contributed by atoms with Gasteiger partial charge in [0.05, 0.1) is 6.10 Å². The third-order valence-electron chi connectivity index (χ3n) is 5.49. The molecule has 0 saturated carbocycles. The minimum absolute atomic E-state index is 0.0606. The highest BCUT2D eigenvalue weighted by Gasteiger charge is 2.26. The maximum absolute atomic E-state index is 6.26. The SMILES string of the molecule is CCC(C)c1ccc(OC(C)OC2Cc3cccc4cccc2c34)cc1. The number of ether oxygens (including phenoxy) is 2. The van der Waals surface area contributed by atoms with Crippen LogP contribution < -0.4 is 4.74 Å². The summed E-state index contributed by atoms with van der Waals surface area (Å²) in [5, 5.41) is 2.64. The quantitative estimate of drug-likeness (QED) is 0.481. The molecule has 134 valence electrons. The molecule has 0 bridgehead atoms. The molecule has 4 rings (SSSR count). The first-order chi connectivity index (χ1) is 12.7. The Balaban J connectivity index is 1.45. The highest BCUT2D eigenvalue weighted by atomic mass is 16.7. The van der Waals surface area contributed by atoms with Crippen LogP contribution in [0.4, 0.5) is 0 Å². The van der Waals surface area contributed by atoms with Crippen LogP contribution in [0.5, 0.6) is 5.75 Å². The third kappa shape index (κ3) is 3.22. The molecule has 26 heavy (non-hydrogen) atoms. The fourth-order valence-corrected chi connectivity index (χ4v) is 3.88. The van der Waals surface area contributed by atoms with Gasteiger partial charge < -0.3 is 9.47 Å². The maximum atomic E-state index is 6.26. The first-order valence-corrected chi connectivity index (χ1v) is 9.58. The second-order valence-electron chi connectivity index (χ2n) is 7.26. The second-order valence-corrected chi connectivity index (χ2v) is 7.26. The van der Waals surface area contributed by atoms with Gasteiger partial charge in [0.25, 0.3) is 0 Å². The van der Waals surface area contributed by atoms with Gasteiger partial charge in [0.2, 0.25) is 0 Å². The lowest BCUT2D eigenvalue weighted by atomic mass is 9.99. The molecule has 2 nitrogen and oxygen atoms in total. The lowest BCUT2D eigenvalue weighted by molar-refractivity contribution is -0.107. The van der Waals surface area contributed by atoms with Crippen LogP contribution in [0, 0.1) is 0 Å². The highest BCUT2D eigenvalue weighted by molar-refractivity contribution is 5.91. The van der Waals surface area contributed by atoms with Crippen LogP contribution >= 0.6 is 0 Å². The Labute approximate surface area is 155 Å². The lowest BCUT2D eigenvalue weighted by Gasteiger charge is -2.21. The van der Waals surface area contributed by atoms with Crippen molar-refractivity contribution >= 4 is 10.8 Å². The van der Waals surface area contributed by atoms with E-state index in [4.69, 9.17) is 9.47 Å². The lowest BCUT2D eigenvalue weighted by Crippen LogP contribution is -2.19. The van der Waals surface area contributed by atoms with Gasteiger partial charge in [0.15, 0.2) is 6.29 Å². The molecule has 0 heterocycles. The van der Waals surface area contributed by atoms with Crippen LogP contribution in [0.15, 0.2) is 60.7 Å². The molecule has 0 saturated heterocycles. The molecule has 0 N–H and O–H groups in total. The zero-order chi connectivity index (χ0) is 18.1. The fraction of sp³-hybridized carbons (Fsp3) is 0.333. The number of hydrogen-bond donors (Lipinski definition) is 0. The van der Waals surface area contributed by atoms with Crippen molar-refractivity contribution in [1.29, 1.82) is 0 Å². The summed E-state index contributed by atoms with van der Waals surface area (Å²) in [7, 11) is 0. The summed E-state index contributed by atoms with van der Waals surface area (Å²) in [6, 6.07) is 21.4. The third-order valence-corrected chi connectivity index (χ3v) is 5.49. The van der Waals surface area contributed by atoms with E-state index in [2.05, 4.69) is 62.4 Å². The van der Waals surface area contributed by atoms with Crippen LogP contribution in [0.2, 0.25) is 0 Å². The van der Waals surface area contributed by atoms with Crippen molar-refractivity contribution in [3.05, 3.63) is 77.4 Å². The van der Waals surface area contributed by atoms with Gasteiger partial charge in [0.1, 0.15) is 5.75 Å². The van der Waals surface area contributed by atoms with Gasteiger partial charge >= 0.3 is 0 Å².